The van der Waals surface area contributed by atoms with Gasteiger partial charge < -0.3 is 10.6 Å². The molecule has 126 valence electrons. The fourth-order valence-electron chi connectivity index (χ4n) is 3.59. The normalized spacial score (nSPS) is 24.5. The predicted molar refractivity (Wildman–Crippen MR) is 87.5 cm³/mol. The lowest BCUT2D eigenvalue weighted by Gasteiger charge is -2.23. The monoisotopic (exact) mass is 309 g/mol. The summed E-state index contributed by atoms with van der Waals surface area (Å²) in [6, 6.07) is 0.356. The second kappa shape index (κ2) is 9.13. The van der Waals surface area contributed by atoms with Gasteiger partial charge in [-0.05, 0) is 32.7 Å². The van der Waals surface area contributed by atoms with E-state index in [4.69, 9.17) is 0 Å². The summed E-state index contributed by atoms with van der Waals surface area (Å²) in [6.45, 7) is 4.61. The molecule has 5 nitrogen and oxygen atoms in total. The van der Waals surface area contributed by atoms with Crippen LogP contribution in [0.2, 0.25) is 0 Å². The third-order valence-electron chi connectivity index (χ3n) is 4.83. The lowest BCUT2D eigenvalue weighted by atomic mass is 9.97. The minimum Gasteiger partial charge on any atom is -0.356 e. The molecule has 0 aromatic heterocycles. The van der Waals surface area contributed by atoms with Gasteiger partial charge in [-0.1, -0.05) is 32.1 Å². The van der Waals surface area contributed by atoms with E-state index < -0.39 is 0 Å². The van der Waals surface area contributed by atoms with Gasteiger partial charge in [0.1, 0.15) is 0 Å². The standard InChI is InChI=1S/C17H31N3O2/c1-2-18-17(22)14-10-11-20(12-14)13-16(21)19-15-8-6-4-3-5-7-9-15/h14-15H,2-13H2,1H3,(H,18,22)(H,19,21)/t14-/m0/s1. The Hall–Kier alpha value is -1.10. The van der Waals surface area contributed by atoms with Gasteiger partial charge in [0.25, 0.3) is 0 Å². The number of carbonyl (C=O) groups is 2. The van der Waals surface area contributed by atoms with Crippen LogP contribution in [-0.2, 0) is 9.59 Å². The topological polar surface area (TPSA) is 61.4 Å². The Labute approximate surface area is 134 Å². The van der Waals surface area contributed by atoms with Crippen molar-refractivity contribution < 1.29 is 9.59 Å². The van der Waals surface area contributed by atoms with Crippen molar-refractivity contribution in [2.45, 2.75) is 64.3 Å². The zero-order valence-corrected chi connectivity index (χ0v) is 13.9. The first-order valence-electron chi connectivity index (χ1n) is 8.98. The summed E-state index contributed by atoms with van der Waals surface area (Å²) in [5, 5.41) is 6.08. The smallest absolute Gasteiger partial charge is 0.234 e. The zero-order chi connectivity index (χ0) is 15.8. The number of hydrogen-bond donors (Lipinski definition) is 2. The van der Waals surface area contributed by atoms with Crippen LogP contribution in [-0.4, -0.2) is 48.9 Å². The van der Waals surface area contributed by atoms with Crippen LogP contribution in [0.5, 0.6) is 0 Å². The van der Waals surface area contributed by atoms with Gasteiger partial charge >= 0.3 is 0 Å². The minimum atomic E-state index is 0.0501. The lowest BCUT2D eigenvalue weighted by molar-refractivity contribution is -0.125. The molecular formula is C17H31N3O2. The molecule has 0 radical (unpaired) electrons. The summed E-state index contributed by atoms with van der Waals surface area (Å²) in [7, 11) is 0. The number of nitrogens with one attached hydrogen (secondary N) is 2. The molecule has 1 aliphatic heterocycles. The van der Waals surface area contributed by atoms with Crippen molar-refractivity contribution in [2.75, 3.05) is 26.2 Å². The first kappa shape index (κ1) is 17.3. The maximum atomic E-state index is 12.2. The molecule has 1 saturated heterocycles. The fraction of sp³-hybridized carbons (Fsp3) is 0.882. The molecule has 0 spiro atoms. The molecule has 2 fully saturated rings. The molecule has 0 bridgehead atoms. The van der Waals surface area contributed by atoms with E-state index in [-0.39, 0.29) is 17.7 Å². The summed E-state index contributed by atoms with van der Waals surface area (Å²) < 4.78 is 0. The van der Waals surface area contributed by atoms with E-state index in [1.54, 1.807) is 0 Å². The van der Waals surface area contributed by atoms with Crippen LogP contribution in [0.15, 0.2) is 0 Å². The van der Waals surface area contributed by atoms with Crippen LogP contribution in [0.25, 0.3) is 0 Å². The van der Waals surface area contributed by atoms with Gasteiger partial charge in [-0.2, -0.15) is 0 Å². The molecule has 22 heavy (non-hydrogen) atoms. The summed E-state index contributed by atoms with van der Waals surface area (Å²) in [5.74, 6) is 0.307. The van der Waals surface area contributed by atoms with E-state index in [0.29, 0.717) is 25.7 Å². The van der Waals surface area contributed by atoms with Crippen molar-refractivity contribution in [3.8, 4) is 0 Å². The number of carbonyl (C=O) groups excluding carboxylic acids is 2. The van der Waals surface area contributed by atoms with E-state index in [2.05, 4.69) is 15.5 Å². The summed E-state index contributed by atoms with van der Waals surface area (Å²) in [5.41, 5.74) is 0. The first-order chi connectivity index (χ1) is 10.7. The number of rotatable bonds is 5. The van der Waals surface area contributed by atoms with E-state index in [1.807, 2.05) is 6.92 Å². The Morgan fingerprint density at radius 3 is 2.41 bits per heavy atom. The highest BCUT2D eigenvalue weighted by molar-refractivity contribution is 5.80. The molecule has 1 aliphatic carbocycles. The van der Waals surface area contributed by atoms with Gasteiger partial charge in [0, 0.05) is 19.1 Å². The Balaban J connectivity index is 1.69. The van der Waals surface area contributed by atoms with Crippen molar-refractivity contribution in [3.63, 3.8) is 0 Å². The van der Waals surface area contributed by atoms with E-state index >= 15 is 0 Å². The van der Waals surface area contributed by atoms with Gasteiger partial charge in [0.2, 0.25) is 11.8 Å². The molecule has 1 atom stereocenters. The van der Waals surface area contributed by atoms with Crippen molar-refractivity contribution in [3.05, 3.63) is 0 Å². The van der Waals surface area contributed by atoms with Crippen molar-refractivity contribution in [1.29, 1.82) is 0 Å². The van der Waals surface area contributed by atoms with Crippen molar-refractivity contribution in [1.82, 2.24) is 15.5 Å². The molecule has 0 aromatic carbocycles. The van der Waals surface area contributed by atoms with Gasteiger partial charge in [0.05, 0.1) is 12.5 Å². The highest BCUT2D eigenvalue weighted by Gasteiger charge is 2.29. The van der Waals surface area contributed by atoms with Crippen LogP contribution >= 0.6 is 0 Å². The van der Waals surface area contributed by atoms with Crippen LogP contribution < -0.4 is 10.6 Å². The van der Waals surface area contributed by atoms with Crippen molar-refractivity contribution >= 4 is 11.8 Å². The van der Waals surface area contributed by atoms with Crippen LogP contribution in [0.1, 0.15) is 58.3 Å². The highest BCUT2D eigenvalue weighted by atomic mass is 16.2. The predicted octanol–water partition coefficient (Wildman–Crippen LogP) is 1.67. The molecule has 2 aliphatic rings. The minimum absolute atomic E-state index is 0.0501. The molecular weight excluding hydrogens is 278 g/mol. The molecule has 0 aromatic rings. The highest BCUT2D eigenvalue weighted by Crippen LogP contribution is 2.18. The number of hydrogen-bond acceptors (Lipinski definition) is 3. The van der Waals surface area contributed by atoms with Crippen molar-refractivity contribution in [2.24, 2.45) is 5.92 Å². The van der Waals surface area contributed by atoms with Gasteiger partial charge in [0.15, 0.2) is 0 Å². The molecule has 1 heterocycles. The third kappa shape index (κ3) is 5.59. The second-order valence-electron chi connectivity index (χ2n) is 6.72. The summed E-state index contributed by atoms with van der Waals surface area (Å²) >= 11 is 0. The average molecular weight is 309 g/mol. The maximum Gasteiger partial charge on any atom is 0.234 e. The number of likely N-dealkylation sites (tertiary alicyclic amines) is 1. The Kier molecular flexibility index (Phi) is 7.16. The zero-order valence-electron chi connectivity index (χ0n) is 13.9. The Morgan fingerprint density at radius 1 is 1.05 bits per heavy atom. The SMILES string of the molecule is CCNC(=O)[C@H]1CCN(CC(=O)NC2CCCCCCC2)C1. The third-order valence-corrected chi connectivity index (χ3v) is 4.83. The maximum absolute atomic E-state index is 12.2. The van der Waals surface area contributed by atoms with Gasteiger partial charge in [-0.3, -0.25) is 14.5 Å². The second-order valence-corrected chi connectivity index (χ2v) is 6.72. The number of amides is 2. The Bertz CT molecular complexity index is 365. The molecule has 5 heteroatoms. The summed E-state index contributed by atoms with van der Waals surface area (Å²) in [6.07, 6.45) is 9.50. The quantitative estimate of drug-likeness (QED) is 0.812. The first-order valence-corrected chi connectivity index (χ1v) is 8.98. The van der Waals surface area contributed by atoms with Gasteiger partial charge in [-0.15, -0.1) is 0 Å². The average Bonchev–Trinajstić information content (AvgIpc) is 2.90. The van der Waals surface area contributed by atoms with Crippen LogP contribution in [0, 0.1) is 5.92 Å². The van der Waals surface area contributed by atoms with Crippen LogP contribution in [0.4, 0.5) is 0 Å². The lowest BCUT2D eigenvalue weighted by Crippen LogP contribution is -2.42. The van der Waals surface area contributed by atoms with Gasteiger partial charge in [-0.25, -0.2) is 0 Å². The molecule has 2 N–H and O–H groups in total. The summed E-state index contributed by atoms with van der Waals surface area (Å²) in [4.78, 5) is 26.1. The molecule has 2 amide bonds. The molecule has 1 saturated carbocycles. The van der Waals surface area contributed by atoms with Crippen LogP contribution in [0.3, 0.4) is 0 Å². The van der Waals surface area contributed by atoms with E-state index in [1.165, 1.54) is 32.1 Å². The molecule has 2 rings (SSSR count). The fourth-order valence-corrected chi connectivity index (χ4v) is 3.59. The molecule has 0 unspecified atom stereocenters. The van der Waals surface area contributed by atoms with E-state index in [0.717, 1.165) is 25.8 Å². The Morgan fingerprint density at radius 2 is 1.73 bits per heavy atom. The number of nitrogens with zero attached hydrogens (tertiary/aromatic N) is 1. The largest absolute Gasteiger partial charge is 0.356 e. The van der Waals surface area contributed by atoms with E-state index in [9.17, 15) is 9.59 Å².